The van der Waals surface area contributed by atoms with E-state index in [-0.39, 0.29) is 0 Å². The van der Waals surface area contributed by atoms with Crippen LogP contribution in [0, 0.1) is 37.0 Å². The Morgan fingerprint density at radius 3 is 2.37 bits per heavy atom. The van der Waals surface area contributed by atoms with E-state index in [4.69, 9.17) is 10.00 Å². The van der Waals surface area contributed by atoms with Crippen LogP contribution in [-0.2, 0) is 6.42 Å². The summed E-state index contributed by atoms with van der Waals surface area (Å²) in [7, 11) is 0. The summed E-state index contributed by atoms with van der Waals surface area (Å²) in [6.07, 6.45) is 6.94. The molecule has 3 rings (SSSR count). The van der Waals surface area contributed by atoms with Crippen molar-refractivity contribution in [2.75, 3.05) is 6.61 Å². The molecule has 1 aliphatic rings. The molecule has 1 aliphatic carbocycles. The van der Waals surface area contributed by atoms with Gasteiger partial charge in [-0.05, 0) is 93.2 Å². The Labute approximate surface area is 180 Å². The molecular weight excluding hydrogens is 370 g/mol. The molecule has 2 aromatic rings. The van der Waals surface area contributed by atoms with Gasteiger partial charge in [0.25, 0.3) is 0 Å². The SMILES string of the molecule is Cc1cc(Cc2ccc(OCCCCC#N)c(C)c2)ccc1C#CC1(O)CCCC1. The Morgan fingerprint density at radius 1 is 1.00 bits per heavy atom. The van der Waals surface area contributed by atoms with Crippen LogP contribution in [0.15, 0.2) is 36.4 Å². The smallest absolute Gasteiger partial charge is 0.125 e. The van der Waals surface area contributed by atoms with Crippen LogP contribution in [-0.4, -0.2) is 17.3 Å². The molecule has 0 radical (unpaired) electrons. The summed E-state index contributed by atoms with van der Waals surface area (Å²) in [5.41, 5.74) is 5.00. The average Bonchev–Trinajstić information content (AvgIpc) is 3.15. The van der Waals surface area contributed by atoms with Crippen molar-refractivity contribution in [2.24, 2.45) is 0 Å². The van der Waals surface area contributed by atoms with Crippen LogP contribution in [0.1, 0.15) is 72.8 Å². The summed E-state index contributed by atoms with van der Waals surface area (Å²) in [5, 5.41) is 19.0. The molecule has 0 bridgehead atoms. The summed E-state index contributed by atoms with van der Waals surface area (Å²) in [6, 6.07) is 14.9. The standard InChI is InChI=1S/C27H31NO2/c1-21-18-23(8-10-25(21)12-15-27(29)13-4-5-14-27)20-24-9-11-26(22(2)19-24)30-17-7-3-6-16-28/h8-11,18-19,29H,3-7,13-14,17,20H2,1-2H3. The van der Waals surface area contributed by atoms with Gasteiger partial charge in [-0.3, -0.25) is 0 Å². The minimum absolute atomic E-state index is 0.589. The molecule has 0 spiro atoms. The van der Waals surface area contributed by atoms with Crippen LogP contribution in [0.4, 0.5) is 0 Å². The summed E-state index contributed by atoms with van der Waals surface area (Å²) >= 11 is 0. The topological polar surface area (TPSA) is 53.2 Å². The monoisotopic (exact) mass is 401 g/mol. The minimum Gasteiger partial charge on any atom is -0.493 e. The van der Waals surface area contributed by atoms with E-state index in [1.807, 2.05) is 6.07 Å². The normalized spacial score (nSPS) is 14.6. The van der Waals surface area contributed by atoms with Crippen molar-refractivity contribution in [3.8, 4) is 23.7 Å². The highest BCUT2D eigenvalue weighted by Crippen LogP contribution is 2.29. The second kappa shape index (κ2) is 10.3. The lowest BCUT2D eigenvalue weighted by Crippen LogP contribution is -2.20. The number of ether oxygens (including phenoxy) is 1. The molecule has 0 unspecified atom stereocenters. The van der Waals surface area contributed by atoms with E-state index in [0.717, 1.165) is 67.4 Å². The van der Waals surface area contributed by atoms with E-state index in [1.165, 1.54) is 11.1 Å². The van der Waals surface area contributed by atoms with Crippen molar-refractivity contribution in [1.82, 2.24) is 0 Å². The van der Waals surface area contributed by atoms with E-state index in [2.05, 4.69) is 62.1 Å². The molecule has 156 valence electrons. The first-order valence-corrected chi connectivity index (χ1v) is 10.9. The zero-order valence-corrected chi connectivity index (χ0v) is 18.1. The molecule has 0 aromatic heterocycles. The molecule has 2 aromatic carbocycles. The molecule has 0 saturated heterocycles. The highest BCUT2D eigenvalue weighted by Gasteiger charge is 2.28. The van der Waals surface area contributed by atoms with Gasteiger partial charge in [-0.2, -0.15) is 5.26 Å². The number of aryl methyl sites for hydroxylation is 2. The molecule has 0 heterocycles. The molecule has 1 fully saturated rings. The average molecular weight is 402 g/mol. The number of unbranched alkanes of at least 4 members (excludes halogenated alkanes) is 2. The van der Waals surface area contributed by atoms with Crippen LogP contribution in [0.5, 0.6) is 5.75 Å². The lowest BCUT2D eigenvalue weighted by atomic mass is 9.98. The fourth-order valence-electron chi connectivity index (χ4n) is 3.95. The zero-order chi connectivity index (χ0) is 21.4. The van der Waals surface area contributed by atoms with Crippen molar-refractivity contribution < 1.29 is 9.84 Å². The second-order valence-corrected chi connectivity index (χ2v) is 8.38. The van der Waals surface area contributed by atoms with Gasteiger partial charge in [-0.15, -0.1) is 0 Å². The van der Waals surface area contributed by atoms with E-state index in [0.29, 0.717) is 13.0 Å². The predicted molar refractivity (Wildman–Crippen MR) is 120 cm³/mol. The van der Waals surface area contributed by atoms with Gasteiger partial charge in [-0.25, -0.2) is 0 Å². The van der Waals surface area contributed by atoms with Crippen LogP contribution in [0.3, 0.4) is 0 Å². The number of aliphatic hydroxyl groups is 1. The molecule has 3 heteroatoms. The maximum Gasteiger partial charge on any atom is 0.125 e. The van der Waals surface area contributed by atoms with Gasteiger partial charge in [0.2, 0.25) is 0 Å². The Hall–Kier alpha value is -2.75. The van der Waals surface area contributed by atoms with Crippen molar-refractivity contribution >= 4 is 0 Å². The van der Waals surface area contributed by atoms with Gasteiger partial charge < -0.3 is 9.84 Å². The molecule has 30 heavy (non-hydrogen) atoms. The fourth-order valence-corrected chi connectivity index (χ4v) is 3.95. The van der Waals surface area contributed by atoms with E-state index in [1.54, 1.807) is 0 Å². The molecule has 1 saturated carbocycles. The van der Waals surface area contributed by atoms with Gasteiger partial charge in [0.15, 0.2) is 0 Å². The van der Waals surface area contributed by atoms with Crippen molar-refractivity contribution in [2.45, 2.75) is 70.8 Å². The van der Waals surface area contributed by atoms with E-state index >= 15 is 0 Å². The lowest BCUT2D eigenvalue weighted by Gasteiger charge is -2.13. The third-order valence-corrected chi connectivity index (χ3v) is 5.74. The Kier molecular flexibility index (Phi) is 7.56. The number of nitriles is 1. The van der Waals surface area contributed by atoms with Gasteiger partial charge in [0, 0.05) is 12.0 Å². The Balaban J connectivity index is 1.61. The van der Waals surface area contributed by atoms with Crippen LogP contribution >= 0.6 is 0 Å². The molecule has 0 atom stereocenters. The number of nitrogens with zero attached hydrogens (tertiary/aromatic N) is 1. The Morgan fingerprint density at radius 2 is 1.70 bits per heavy atom. The van der Waals surface area contributed by atoms with E-state index in [9.17, 15) is 5.11 Å². The summed E-state index contributed by atoms with van der Waals surface area (Å²) in [4.78, 5) is 0. The van der Waals surface area contributed by atoms with Crippen LogP contribution < -0.4 is 4.74 Å². The number of hydrogen-bond donors (Lipinski definition) is 1. The number of rotatable bonds is 7. The minimum atomic E-state index is -0.790. The van der Waals surface area contributed by atoms with Crippen molar-refractivity contribution in [3.63, 3.8) is 0 Å². The summed E-state index contributed by atoms with van der Waals surface area (Å²) in [6.45, 7) is 4.81. The quantitative estimate of drug-likeness (QED) is 0.484. The van der Waals surface area contributed by atoms with Gasteiger partial charge >= 0.3 is 0 Å². The number of benzene rings is 2. The highest BCUT2D eigenvalue weighted by atomic mass is 16.5. The van der Waals surface area contributed by atoms with Crippen molar-refractivity contribution in [1.29, 1.82) is 5.26 Å². The lowest BCUT2D eigenvalue weighted by molar-refractivity contribution is 0.110. The maximum atomic E-state index is 10.4. The highest BCUT2D eigenvalue weighted by molar-refractivity contribution is 5.45. The van der Waals surface area contributed by atoms with Crippen LogP contribution in [0.2, 0.25) is 0 Å². The largest absolute Gasteiger partial charge is 0.493 e. The predicted octanol–water partition coefficient (Wildman–Crippen LogP) is 5.62. The summed E-state index contributed by atoms with van der Waals surface area (Å²) < 4.78 is 5.86. The molecule has 0 aliphatic heterocycles. The first kappa shape index (κ1) is 21.9. The molecular formula is C27H31NO2. The second-order valence-electron chi connectivity index (χ2n) is 8.38. The summed E-state index contributed by atoms with van der Waals surface area (Å²) in [5.74, 6) is 7.22. The first-order valence-electron chi connectivity index (χ1n) is 10.9. The Bertz CT molecular complexity index is 969. The fraction of sp³-hybridized carbons (Fsp3) is 0.444. The van der Waals surface area contributed by atoms with Crippen molar-refractivity contribution in [3.05, 3.63) is 64.2 Å². The number of hydrogen-bond acceptors (Lipinski definition) is 3. The van der Waals surface area contributed by atoms with Gasteiger partial charge in [0.05, 0.1) is 12.7 Å². The molecule has 0 amide bonds. The first-order chi connectivity index (χ1) is 14.5. The maximum absolute atomic E-state index is 10.4. The third kappa shape index (κ3) is 6.12. The third-order valence-electron chi connectivity index (χ3n) is 5.74. The van der Waals surface area contributed by atoms with Gasteiger partial charge in [0.1, 0.15) is 11.4 Å². The van der Waals surface area contributed by atoms with Crippen LogP contribution in [0.25, 0.3) is 0 Å². The molecule has 3 nitrogen and oxygen atoms in total. The molecule has 1 N–H and O–H groups in total. The van der Waals surface area contributed by atoms with E-state index < -0.39 is 5.60 Å². The van der Waals surface area contributed by atoms with Gasteiger partial charge in [-0.1, -0.05) is 36.1 Å². The zero-order valence-electron chi connectivity index (χ0n) is 18.1.